The summed E-state index contributed by atoms with van der Waals surface area (Å²) >= 11 is 0. The average Bonchev–Trinajstić information content (AvgIpc) is 3.06. The maximum Gasteiger partial charge on any atom is 0.265 e. The smallest absolute Gasteiger partial charge is 0.265 e. The third kappa shape index (κ3) is 4.75. The molecule has 2 fully saturated rings. The molecule has 3 rings (SSSR count). The van der Waals surface area contributed by atoms with Crippen molar-refractivity contribution in [2.75, 3.05) is 5.75 Å². The summed E-state index contributed by atoms with van der Waals surface area (Å²) in [5, 5.41) is 0. The van der Waals surface area contributed by atoms with Gasteiger partial charge in [-0.25, -0.2) is 9.13 Å². The van der Waals surface area contributed by atoms with Gasteiger partial charge in [0, 0.05) is 6.42 Å². The second kappa shape index (κ2) is 8.52. The van der Waals surface area contributed by atoms with E-state index in [0.717, 1.165) is 13.0 Å². The second-order valence-electron chi connectivity index (χ2n) is 8.06. The van der Waals surface area contributed by atoms with Gasteiger partial charge in [-0.15, -0.1) is 0 Å². The summed E-state index contributed by atoms with van der Waals surface area (Å²) < 4.78 is 35.3. The molecule has 0 saturated heterocycles. The molecule has 0 radical (unpaired) electrons. The number of nitrogens with zero attached hydrogens (tertiary/aromatic N) is 2. The van der Waals surface area contributed by atoms with E-state index in [0.29, 0.717) is 12.8 Å². The van der Waals surface area contributed by atoms with Crippen molar-refractivity contribution in [1.29, 1.82) is 0 Å². The Kier molecular flexibility index (Phi) is 7.64. The molecule has 0 amide bonds. The monoisotopic (exact) mass is 450 g/mol. The first kappa shape index (κ1) is 23.3. The van der Waals surface area contributed by atoms with Crippen LogP contribution in [0.2, 0.25) is 0 Å². The molecule has 2 aliphatic carbocycles. The van der Waals surface area contributed by atoms with Crippen molar-refractivity contribution in [1.82, 2.24) is 4.57 Å². The number of fused-ring (bicyclic) bond motifs is 2. The van der Waals surface area contributed by atoms with Crippen molar-refractivity contribution < 1.29 is 39.3 Å². The second-order valence-corrected chi connectivity index (χ2v) is 9.52. The van der Waals surface area contributed by atoms with Crippen molar-refractivity contribution in [3.8, 4) is 0 Å². The van der Waals surface area contributed by atoms with Gasteiger partial charge in [-0.3, -0.25) is 9.35 Å². The summed E-state index contributed by atoms with van der Waals surface area (Å²) in [6.07, 6.45) is 10.8. The zero-order valence-corrected chi connectivity index (χ0v) is 18.5. The van der Waals surface area contributed by atoms with Crippen LogP contribution >= 0.6 is 0 Å². The van der Waals surface area contributed by atoms with Gasteiger partial charge in [-0.2, -0.15) is 8.42 Å². The highest BCUT2D eigenvalue weighted by molar-refractivity contribution is 7.85. The van der Waals surface area contributed by atoms with Crippen LogP contribution in [0.5, 0.6) is 0 Å². The van der Waals surface area contributed by atoms with E-state index in [1.54, 1.807) is 0 Å². The molecule has 2 aliphatic rings. The highest BCUT2D eigenvalue weighted by atomic mass is 79.9. The molecule has 0 aliphatic heterocycles. The Morgan fingerprint density at radius 2 is 2.04 bits per heavy atom. The first-order valence-electron chi connectivity index (χ1n) is 9.01. The standard InChI is InChI=1S/C10H16O4S.C8H15N2.BrH/c1-9(2)7-3-4-10(9,8(11)5-7)6-15(12,13)14;1-3-4-5-10-7-6-9(2)8-10;/h7H,3-6H2,1-2H3,(H,12,13,14);6-8H,3-5H2,1-2H3;1H/q;+1;/p-1/t7-,10-;;/m1../s1. The van der Waals surface area contributed by atoms with E-state index in [1.165, 1.54) is 12.8 Å². The van der Waals surface area contributed by atoms with Crippen LogP contribution in [0.25, 0.3) is 0 Å². The SMILES string of the molecule is CC1(C)[C@@H]2CC[C@@]1(CS(=O)(=O)O)C(=O)C2.CCCCn1cc[n+](C)c1.[Br-]. The topological polar surface area (TPSA) is 80.2 Å². The molecule has 1 N–H and O–H groups in total. The van der Waals surface area contributed by atoms with Crippen LogP contribution < -0.4 is 21.5 Å². The van der Waals surface area contributed by atoms with Crippen LogP contribution in [-0.4, -0.2) is 29.1 Å². The molecular formula is C18H31BrN2O4S. The predicted octanol–water partition coefficient (Wildman–Crippen LogP) is -0.614. The van der Waals surface area contributed by atoms with Gasteiger partial charge in [0.2, 0.25) is 6.33 Å². The van der Waals surface area contributed by atoms with Gasteiger partial charge in [0.15, 0.2) is 0 Å². The van der Waals surface area contributed by atoms with Crippen LogP contribution in [0, 0.1) is 16.7 Å². The van der Waals surface area contributed by atoms with E-state index < -0.39 is 21.3 Å². The van der Waals surface area contributed by atoms with Crippen molar-refractivity contribution in [2.45, 2.75) is 59.4 Å². The summed E-state index contributed by atoms with van der Waals surface area (Å²) in [4.78, 5) is 11.9. The first-order chi connectivity index (χ1) is 11.5. The Hall–Kier alpha value is -0.730. The van der Waals surface area contributed by atoms with Crippen LogP contribution in [0.15, 0.2) is 18.7 Å². The number of aromatic nitrogens is 2. The van der Waals surface area contributed by atoms with Crippen LogP contribution in [0.1, 0.15) is 52.9 Å². The molecule has 1 aromatic rings. The number of imidazole rings is 1. The number of ketones is 1. The third-order valence-electron chi connectivity index (χ3n) is 6.16. The van der Waals surface area contributed by atoms with Gasteiger partial charge < -0.3 is 17.0 Å². The summed E-state index contributed by atoms with van der Waals surface area (Å²) in [5.74, 6) is -0.101. The molecule has 26 heavy (non-hydrogen) atoms. The summed E-state index contributed by atoms with van der Waals surface area (Å²) in [6.45, 7) is 7.25. The van der Waals surface area contributed by atoms with Gasteiger partial charge in [0.25, 0.3) is 10.1 Å². The fourth-order valence-corrected chi connectivity index (χ4v) is 5.69. The van der Waals surface area contributed by atoms with Crippen molar-refractivity contribution >= 4 is 15.9 Å². The minimum atomic E-state index is -4.08. The molecule has 2 saturated carbocycles. The molecular weight excluding hydrogens is 420 g/mol. The minimum Gasteiger partial charge on any atom is -1.00 e. The number of hydrogen-bond acceptors (Lipinski definition) is 3. The molecule has 1 heterocycles. The molecule has 2 atom stereocenters. The number of halogens is 1. The lowest BCUT2D eigenvalue weighted by molar-refractivity contribution is -0.671. The van der Waals surface area contributed by atoms with E-state index in [9.17, 15) is 13.2 Å². The molecule has 1 aromatic heterocycles. The normalized spacial score (nSPS) is 26.2. The molecule has 0 unspecified atom stereocenters. The fraction of sp³-hybridized carbons (Fsp3) is 0.778. The maximum atomic E-state index is 11.9. The quantitative estimate of drug-likeness (QED) is 0.479. The zero-order valence-electron chi connectivity index (χ0n) is 16.1. The highest BCUT2D eigenvalue weighted by Crippen LogP contribution is 2.64. The van der Waals surface area contributed by atoms with Gasteiger partial charge in [0.05, 0.1) is 24.8 Å². The first-order valence-corrected chi connectivity index (χ1v) is 10.6. The Labute approximate surface area is 167 Å². The van der Waals surface area contributed by atoms with E-state index in [1.807, 2.05) is 20.9 Å². The molecule has 150 valence electrons. The average molecular weight is 451 g/mol. The van der Waals surface area contributed by atoms with E-state index in [4.69, 9.17) is 4.55 Å². The molecule has 0 aromatic carbocycles. The summed E-state index contributed by atoms with van der Waals surface area (Å²) in [7, 11) is -2.03. The Morgan fingerprint density at radius 1 is 1.38 bits per heavy atom. The van der Waals surface area contributed by atoms with Crippen LogP contribution in [0.3, 0.4) is 0 Å². The number of carbonyl (C=O) groups is 1. The summed E-state index contributed by atoms with van der Waals surface area (Å²) in [6, 6.07) is 0. The van der Waals surface area contributed by atoms with Gasteiger partial charge in [-0.1, -0.05) is 27.2 Å². The predicted molar refractivity (Wildman–Crippen MR) is 95.5 cm³/mol. The van der Waals surface area contributed by atoms with Gasteiger partial charge in [-0.05, 0) is 30.6 Å². The van der Waals surface area contributed by atoms with Crippen LogP contribution in [0.4, 0.5) is 0 Å². The van der Waals surface area contributed by atoms with Crippen LogP contribution in [-0.2, 0) is 28.5 Å². The maximum absolute atomic E-state index is 11.9. The Morgan fingerprint density at radius 3 is 2.42 bits per heavy atom. The molecule has 8 heteroatoms. The number of aryl methyl sites for hydroxylation is 2. The number of rotatable bonds is 5. The van der Waals surface area contributed by atoms with E-state index in [2.05, 4.69) is 34.8 Å². The molecule has 0 spiro atoms. The highest BCUT2D eigenvalue weighted by Gasteiger charge is 2.65. The van der Waals surface area contributed by atoms with E-state index >= 15 is 0 Å². The largest absolute Gasteiger partial charge is 1.00 e. The minimum absolute atomic E-state index is 0. The molecule has 6 nitrogen and oxygen atoms in total. The van der Waals surface area contributed by atoms with Crippen molar-refractivity contribution in [3.63, 3.8) is 0 Å². The zero-order chi connectivity index (χ0) is 18.9. The Balaban J connectivity index is 0.000000270. The number of hydrogen-bond donors (Lipinski definition) is 1. The lowest BCUT2D eigenvalue weighted by atomic mass is 9.70. The van der Waals surface area contributed by atoms with Gasteiger partial charge in [0.1, 0.15) is 18.2 Å². The molecule has 2 bridgehead atoms. The summed E-state index contributed by atoms with van der Waals surface area (Å²) in [5.41, 5.74) is -1.12. The Bertz CT molecular complexity index is 729. The lowest BCUT2D eigenvalue weighted by Crippen LogP contribution is -3.00. The lowest BCUT2D eigenvalue weighted by Gasteiger charge is -2.35. The number of Topliss-reactive ketones (excluding diaryl/α,β-unsaturated/α-hetero) is 1. The third-order valence-corrected chi connectivity index (χ3v) is 7.02. The van der Waals surface area contributed by atoms with Crippen molar-refractivity contribution in [3.05, 3.63) is 18.7 Å². The number of carbonyl (C=O) groups excluding carboxylic acids is 1. The number of unbranched alkanes of at least 4 members (excludes halogenated alkanes) is 1. The fourth-order valence-electron chi connectivity index (χ4n) is 4.39. The van der Waals surface area contributed by atoms with Gasteiger partial charge >= 0.3 is 0 Å². The van der Waals surface area contributed by atoms with Crippen molar-refractivity contribution in [2.24, 2.45) is 23.8 Å². The van der Waals surface area contributed by atoms with E-state index in [-0.39, 0.29) is 34.1 Å².